The third-order valence-corrected chi connectivity index (χ3v) is 0. The topological polar surface area (TPSA) is 124 Å². The summed E-state index contributed by atoms with van der Waals surface area (Å²) in [7, 11) is -4.69. The van der Waals surface area contributed by atoms with Gasteiger partial charge in [-0.05, 0) is 0 Å². The summed E-state index contributed by atoms with van der Waals surface area (Å²) in [6.07, 6.45) is 0. The smallest absolute Gasteiger partial charge is 0.0777 e. The average Bonchev–Trinajstić information content (AvgIpc) is 1.36. The Kier molecular flexibility index (Phi) is 13.4. The molecular weight excluding hydrogens is 137 g/mol. The summed E-state index contributed by atoms with van der Waals surface area (Å²) >= 11 is 0. The van der Waals surface area contributed by atoms with Gasteiger partial charge < -0.3 is 6.15 Å². The van der Waals surface area contributed by atoms with E-state index >= 15 is 0 Å². The molecule has 5 nitrogen and oxygen atoms in total. The van der Waals surface area contributed by atoms with Gasteiger partial charge in [0.2, 0.25) is 0 Å². The lowest BCUT2D eigenvalue weighted by atomic mass is 11.3. The summed E-state index contributed by atoms with van der Waals surface area (Å²) < 4.78 is 32.7. The van der Waals surface area contributed by atoms with E-state index in [4.69, 9.17) is 18.6 Å². The molecule has 0 aromatic rings. The van der Waals surface area contributed by atoms with Gasteiger partial charge in [-0.1, -0.05) is 0 Å². The molecule has 0 unspecified atom stereocenters. The number of halogens is 1. The Hall–Kier alpha value is -0.170. The number of rotatable bonds is 0. The van der Waals surface area contributed by atoms with Crippen LogP contribution in [0.3, 0.4) is 0 Å². The van der Waals surface area contributed by atoms with Crippen LogP contribution in [0.25, 0.3) is 0 Å². The second-order valence-corrected chi connectivity index (χ2v) is 1.19. The van der Waals surface area contributed by atoms with Crippen LogP contribution in [0, 0.1) is 10.2 Å². The summed E-state index contributed by atoms with van der Waals surface area (Å²) in [6, 6.07) is 0. The van der Waals surface area contributed by atoms with E-state index in [-0.39, 0.29) is 6.15 Å². The van der Waals surface area contributed by atoms with E-state index in [2.05, 4.69) is 13.2 Å². The predicted octanol–water partition coefficient (Wildman–Crippen LogP) is -3.16. The molecule has 0 aliphatic rings. The molecule has 0 spiro atoms. The summed E-state index contributed by atoms with van der Waals surface area (Å²) in [5.74, 6) is 0. The highest BCUT2D eigenvalue weighted by Crippen LogP contribution is 1.60. The van der Waals surface area contributed by atoms with Gasteiger partial charge >= 0.3 is 0 Å². The van der Waals surface area contributed by atoms with Crippen LogP contribution < -0.4 is 20.1 Å². The minimum absolute atomic E-state index is 0. The van der Waals surface area contributed by atoms with Crippen molar-refractivity contribution in [3.63, 3.8) is 0 Å². The quantitative estimate of drug-likeness (QED) is 0.348. The molecule has 6 heteroatoms. The predicted molar refractivity (Wildman–Crippen MR) is 18.5 cm³/mol. The molecule has 0 rings (SSSR count). The highest BCUT2D eigenvalue weighted by Gasteiger charge is 1.98. The summed E-state index contributed by atoms with van der Waals surface area (Å²) in [5, 5.41) is 0. The zero-order valence-corrected chi connectivity index (χ0v) is 4.93. The second kappa shape index (κ2) is 6.83. The van der Waals surface area contributed by atoms with E-state index in [1.54, 1.807) is 0 Å². The molecule has 0 radical (unpaired) electrons. The van der Waals surface area contributed by atoms with Crippen molar-refractivity contribution in [1.29, 1.82) is 0 Å². The maximum absolute atomic E-state index is 8.60. The zero-order valence-electron chi connectivity index (χ0n) is 4.17. The van der Waals surface area contributed by atoms with Gasteiger partial charge in [0.15, 0.2) is 0 Å². The lowest BCUT2D eigenvalue weighted by Gasteiger charge is -2.03. The molecule has 0 aliphatic carbocycles. The second-order valence-electron chi connectivity index (χ2n) is 0.396. The fourth-order valence-electron chi connectivity index (χ4n) is 0. The minimum atomic E-state index is -4.69. The first kappa shape index (κ1) is 15.7. The van der Waals surface area contributed by atoms with E-state index in [1.807, 2.05) is 0 Å². The lowest BCUT2D eigenvalue weighted by molar-refractivity contribution is -1.92. The van der Waals surface area contributed by atoms with Gasteiger partial charge in [-0.15, -0.1) is 13.2 Å². The molecule has 0 aromatic carbocycles. The SMILES string of the molecule is C=C.N.[O-][Cl+3]([O-])([O-])O. The summed E-state index contributed by atoms with van der Waals surface area (Å²) in [5.41, 5.74) is 0. The van der Waals surface area contributed by atoms with Crippen LogP contribution in [-0.4, -0.2) is 4.66 Å². The van der Waals surface area contributed by atoms with Gasteiger partial charge in [0, 0.05) is 0 Å². The Labute approximate surface area is 49.2 Å². The van der Waals surface area contributed by atoms with E-state index < -0.39 is 10.2 Å². The number of hydrogen-bond donors (Lipinski definition) is 2. The molecule has 0 aromatic heterocycles. The summed E-state index contributed by atoms with van der Waals surface area (Å²) in [6.45, 7) is 6.00. The third-order valence-electron chi connectivity index (χ3n) is 0. The minimum Gasteiger partial charge on any atom is -0.344 e. The first-order valence-electron chi connectivity index (χ1n) is 1.13. The first-order chi connectivity index (χ1) is 3.00. The van der Waals surface area contributed by atoms with Crippen molar-refractivity contribution in [3.8, 4) is 0 Å². The van der Waals surface area contributed by atoms with Crippen molar-refractivity contribution in [3.05, 3.63) is 13.2 Å². The fourth-order valence-corrected chi connectivity index (χ4v) is 0. The van der Waals surface area contributed by atoms with Crippen LogP contribution in [0.15, 0.2) is 13.2 Å². The Morgan fingerprint density at radius 3 is 1.12 bits per heavy atom. The Morgan fingerprint density at radius 2 is 1.12 bits per heavy atom. The molecule has 0 saturated carbocycles. The van der Waals surface area contributed by atoms with E-state index in [9.17, 15) is 0 Å². The highest BCUT2D eigenvalue weighted by molar-refractivity contribution is 4.22. The number of hydrogen-bond acceptors (Lipinski definition) is 5. The fraction of sp³-hybridized carbons (Fsp3) is 0. The molecule has 0 fully saturated rings. The van der Waals surface area contributed by atoms with Crippen LogP contribution in [-0.2, 0) is 0 Å². The molecule has 0 heterocycles. The standard InChI is InChI=1S/C2H4.ClHO4.H3N/c1-2;2-1(3,4)5;/h1-2H2;(H,2,3,4,5);1H3. The monoisotopic (exact) mass is 145 g/mol. The van der Waals surface area contributed by atoms with Crippen LogP contribution in [0.4, 0.5) is 0 Å². The summed E-state index contributed by atoms with van der Waals surface area (Å²) in [4.78, 5) is 0. The van der Waals surface area contributed by atoms with E-state index in [1.165, 1.54) is 0 Å². The average molecular weight is 146 g/mol. The molecule has 52 valence electrons. The van der Waals surface area contributed by atoms with E-state index in [0.29, 0.717) is 0 Å². The lowest BCUT2D eigenvalue weighted by Crippen LogP contribution is -2.58. The van der Waals surface area contributed by atoms with Crippen LogP contribution in [0.2, 0.25) is 0 Å². The van der Waals surface area contributed by atoms with Crippen molar-refractivity contribution in [2.45, 2.75) is 0 Å². The molecule has 0 amide bonds. The van der Waals surface area contributed by atoms with Gasteiger partial charge in [-0.2, -0.15) is 14.0 Å². The van der Waals surface area contributed by atoms with Crippen molar-refractivity contribution >= 4 is 0 Å². The van der Waals surface area contributed by atoms with Crippen molar-refractivity contribution in [2.24, 2.45) is 0 Å². The molecule has 0 atom stereocenters. The van der Waals surface area contributed by atoms with Crippen molar-refractivity contribution in [1.82, 2.24) is 6.15 Å². The largest absolute Gasteiger partial charge is 0.344 e. The van der Waals surface area contributed by atoms with Gasteiger partial charge in [-0.25, -0.2) is 0 Å². The maximum atomic E-state index is 8.60. The normalized spacial score (nSPS) is 8.00. The Morgan fingerprint density at radius 1 is 1.12 bits per heavy atom. The van der Waals surface area contributed by atoms with Crippen LogP contribution in [0.5, 0.6) is 0 Å². The highest BCUT2D eigenvalue weighted by atomic mass is 35.7. The van der Waals surface area contributed by atoms with Gasteiger partial charge in [0.25, 0.3) is 0 Å². The van der Waals surface area contributed by atoms with E-state index in [0.717, 1.165) is 0 Å². The molecule has 0 saturated heterocycles. The van der Waals surface area contributed by atoms with Crippen LogP contribution in [0.1, 0.15) is 0 Å². The molecular formula is C2H8ClNO4. The Balaban J connectivity index is -0.0000000750. The first-order valence-corrected chi connectivity index (χ1v) is 2.40. The van der Waals surface area contributed by atoms with Gasteiger partial charge in [0.1, 0.15) is 0 Å². The maximum Gasteiger partial charge on any atom is 0.0777 e. The van der Waals surface area contributed by atoms with Gasteiger partial charge in [0.05, 0.1) is 14.9 Å². The third kappa shape index (κ3) is 4710. The Bertz CT molecular complexity index is 37.8. The van der Waals surface area contributed by atoms with Crippen molar-refractivity contribution < 1.29 is 28.9 Å². The molecule has 4 N–H and O–H groups in total. The molecule has 0 aliphatic heterocycles. The van der Waals surface area contributed by atoms with Crippen LogP contribution >= 0.6 is 0 Å². The van der Waals surface area contributed by atoms with Gasteiger partial charge in [-0.3, -0.25) is 0 Å². The molecule has 0 bridgehead atoms. The van der Waals surface area contributed by atoms with Crippen molar-refractivity contribution in [2.75, 3.05) is 0 Å². The zero-order chi connectivity index (χ0) is 6.50. The molecule has 8 heavy (non-hydrogen) atoms.